The molecule has 0 aliphatic heterocycles. The molecule has 0 aromatic heterocycles. The number of nitrogens with one attached hydrogen (secondary N) is 1. The molecule has 1 N–H and O–H groups in total. The molecule has 0 amide bonds. The van der Waals surface area contributed by atoms with Crippen molar-refractivity contribution in [1.29, 1.82) is 0 Å². The van der Waals surface area contributed by atoms with Crippen LogP contribution in [0.1, 0.15) is 36.6 Å². The summed E-state index contributed by atoms with van der Waals surface area (Å²) in [6.07, 6.45) is 1.75. The fourth-order valence-corrected chi connectivity index (χ4v) is 3.03. The monoisotopic (exact) mass is 253 g/mol. The molecule has 0 spiro atoms. The number of hydrogen-bond acceptors (Lipinski definition) is 2. The highest BCUT2D eigenvalue weighted by Crippen LogP contribution is 2.19. The van der Waals surface area contributed by atoms with Crippen LogP contribution in [-0.4, -0.2) is 22.3 Å². The van der Waals surface area contributed by atoms with Gasteiger partial charge in [0, 0.05) is 34.9 Å². The minimum absolute atomic E-state index is 0.275. The molecule has 0 heterocycles. The van der Waals surface area contributed by atoms with E-state index in [0.29, 0.717) is 11.8 Å². The van der Waals surface area contributed by atoms with E-state index in [9.17, 15) is 4.21 Å². The van der Waals surface area contributed by atoms with Gasteiger partial charge in [-0.3, -0.25) is 4.21 Å². The average molecular weight is 253 g/mol. The Hall–Kier alpha value is -0.670. The standard InChI is InChI=1S/C14H23NOS/c1-10-6-7-14(11(2)8-10)13(4)15-12(3)9-17(5)16/h6-8,12-13,15H,9H2,1-5H3. The second kappa shape index (κ2) is 6.31. The van der Waals surface area contributed by atoms with Crippen molar-refractivity contribution in [3.63, 3.8) is 0 Å². The topological polar surface area (TPSA) is 29.1 Å². The Morgan fingerprint density at radius 3 is 2.47 bits per heavy atom. The second-order valence-corrected chi connectivity index (χ2v) is 6.37. The molecule has 17 heavy (non-hydrogen) atoms. The Morgan fingerprint density at radius 2 is 1.94 bits per heavy atom. The van der Waals surface area contributed by atoms with Gasteiger partial charge in [-0.25, -0.2) is 0 Å². The first-order valence-electron chi connectivity index (χ1n) is 6.03. The molecule has 3 heteroatoms. The maximum Gasteiger partial charge on any atom is 0.0383 e. The Bertz CT molecular complexity index is 403. The summed E-state index contributed by atoms with van der Waals surface area (Å²) in [5, 5.41) is 3.49. The lowest BCUT2D eigenvalue weighted by atomic mass is 10.00. The second-order valence-electron chi connectivity index (χ2n) is 4.89. The molecule has 3 unspecified atom stereocenters. The van der Waals surface area contributed by atoms with Gasteiger partial charge >= 0.3 is 0 Å². The zero-order valence-electron chi connectivity index (χ0n) is 11.4. The molecule has 0 saturated heterocycles. The van der Waals surface area contributed by atoms with Crippen molar-refractivity contribution >= 4 is 10.8 Å². The van der Waals surface area contributed by atoms with Crippen LogP contribution in [0.25, 0.3) is 0 Å². The number of hydrogen-bond donors (Lipinski definition) is 1. The van der Waals surface area contributed by atoms with Crippen LogP contribution in [0.15, 0.2) is 18.2 Å². The number of rotatable bonds is 5. The highest BCUT2D eigenvalue weighted by molar-refractivity contribution is 7.84. The Labute approximate surface area is 107 Å². The van der Waals surface area contributed by atoms with Gasteiger partial charge in [0.15, 0.2) is 0 Å². The van der Waals surface area contributed by atoms with Gasteiger partial charge in [-0.05, 0) is 38.8 Å². The van der Waals surface area contributed by atoms with Gasteiger partial charge in [0.2, 0.25) is 0 Å². The third kappa shape index (κ3) is 4.60. The van der Waals surface area contributed by atoms with E-state index in [0.717, 1.165) is 0 Å². The van der Waals surface area contributed by atoms with Crippen LogP contribution in [-0.2, 0) is 10.8 Å². The summed E-state index contributed by atoms with van der Waals surface area (Å²) in [6.45, 7) is 8.50. The maximum absolute atomic E-state index is 11.2. The summed E-state index contributed by atoms with van der Waals surface area (Å²) < 4.78 is 11.2. The van der Waals surface area contributed by atoms with Gasteiger partial charge in [-0.1, -0.05) is 23.8 Å². The van der Waals surface area contributed by atoms with Crippen LogP contribution in [0.4, 0.5) is 0 Å². The summed E-state index contributed by atoms with van der Waals surface area (Å²) in [6, 6.07) is 7.10. The predicted octanol–water partition coefficient (Wildman–Crippen LogP) is 2.72. The molecule has 0 saturated carbocycles. The summed E-state index contributed by atoms with van der Waals surface area (Å²) >= 11 is 0. The van der Waals surface area contributed by atoms with Crippen molar-refractivity contribution in [3.8, 4) is 0 Å². The van der Waals surface area contributed by atoms with E-state index in [-0.39, 0.29) is 6.04 Å². The van der Waals surface area contributed by atoms with E-state index >= 15 is 0 Å². The lowest BCUT2D eigenvalue weighted by Crippen LogP contribution is -2.33. The number of benzene rings is 1. The minimum atomic E-state index is -0.740. The zero-order valence-corrected chi connectivity index (χ0v) is 12.2. The Kier molecular flexibility index (Phi) is 5.34. The van der Waals surface area contributed by atoms with Crippen LogP contribution < -0.4 is 5.32 Å². The molecule has 0 bridgehead atoms. The first kappa shape index (κ1) is 14.4. The third-order valence-electron chi connectivity index (χ3n) is 2.91. The van der Waals surface area contributed by atoms with Crippen LogP contribution in [0.3, 0.4) is 0 Å². The molecule has 0 aliphatic rings. The molecular formula is C14H23NOS. The van der Waals surface area contributed by atoms with Crippen LogP contribution in [0.5, 0.6) is 0 Å². The van der Waals surface area contributed by atoms with Gasteiger partial charge < -0.3 is 5.32 Å². The molecule has 0 fully saturated rings. The molecule has 2 nitrogen and oxygen atoms in total. The SMILES string of the molecule is Cc1ccc(C(C)NC(C)CS(C)=O)c(C)c1. The highest BCUT2D eigenvalue weighted by atomic mass is 32.2. The summed E-state index contributed by atoms with van der Waals surface area (Å²) in [7, 11) is -0.740. The maximum atomic E-state index is 11.2. The van der Waals surface area contributed by atoms with Gasteiger partial charge in [0.1, 0.15) is 0 Å². The summed E-state index contributed by atoms with van der Waals surface area (Å²) in [5.74, 6) is 0.704. The molecule has 1 aromatic carbocycles. The smallest absolute Gasteiger partial charge is 0.0383 e. The van der Waals surface area contributed by atoms with E-state index in [2.05, 4.69) is 51.2 Å². The van der Waals surface area contributed by atoms with E-state index in [4.69, 9.17) is 0 Å². The fraction of sp³-hybridized carbons (Fsp3) is 0.571. The van der Waals surface area contributed by atoms with Crippen LogP contribution in [0, 0.1) is 13.8 Å². The number of aryl methyl sites for hydroxylation is 2. The van der Waals surface area contributed by atoms with E-state index in [1.54, 1.807) is 6.26 Å². The van der Waals surface area contributed by atoms with Gasteiger partial charge in [0.25, 0.3) is 0 Å². The van der Waals surface area contributed by atoms with Crippen molar-refractivity contribution < 1.29 is 4.21 Å². The molecule has 3 atom stereocenters. The van der Waals surface area contributed by atoms with Crippen molar-refractivity contribution in [2.75, 3.05) is 12.0 Å². The van der Waals surface area contributed by atoms with Crippen molar-refractivity contribution in [3.05, 3.63) is 34.9 Å². The summed E-state index contributed by atoms with van der Waals surface area (Å²) in [5.41, 5.74) is 3.93. The van der Waals surface area contributed by atoms with Crippen LogP contribution >= 0.6 is 0 Å². The zero-order chi connectivity index (χ0) is 13.0. The molecule has 96 valence electrons. The molecule has 1 aromatic rings. The predicted molar refractivity (Wildman–Crippen MR) is 75.9 cm³/mol. The van der Waals surface area contributed by atoms with Crippen molar-refractivity contribution in [1.82, 2.24) is 5.32 Å². The fourth-order valence-electron chi connectivity index (χ4n) is 2.23. The van der Waals surface area contributed by atoms with Crippen molar-refractivity contribution in [2.24, 2.45) is 0 Å². The third-order valence-corrected chi connectivity index (χ3v) is 3.88. The van der Waals surface area contributed by atoms with Crippen molar-refractivity contribution in [2.45, 2.75) is 39.8 Å². The quantitative estimate of drug-likeness (QED) is 0.874. The first-order chi connectivity index (χ1) is 7.90. The normalized spacial score (nSPS) is 16.5. The highest BCUT2D eigenvalue weighted by Gasteiger charge is 2.12. The lowest BCUT2D eigenvalue weighted by molar-refractivity contribution is 0.506. The Balaban J connectivity index is 2.69. The molecule has 0 aliphatic carbocycles. The first-order valence-corrected chi connectivity index (χ1v) is 7.76. The van der Waals surface area contributed by atoms with Gasteiger partial charge in [0.05, 0.1) is 0 Å². The Morgan fingerprint density at radius 1 is 1.29 bits per heavy atom. The minimum Gasteiger partial charge on any atom is -0.307 e. The van der Waals surface area contributed by atoms with E-state index in [1.807, 2.05) is 0 Å². The molecule has 0 radical (unpaired) electrons. The molecule has 1 rings (SSSR count). The lowest BCUT2D eigenvalue weighted by Gasteiger charge is -2.21. The van der Waals surface area contributed by atoms with Gasteiger partial charge in [-0.15, -0.1) is 0 Å². The van der Waals surface area contributed by atoms with E-state index in [1.165, 1.54) is 16.7 Å². The van der Waals surface area contributed by atoms with E-state index < -0.39 is 10.8 Å². The average Bonchev–Trinajstić information content (AvgIpc) is 2.15. The summed E-state index contributed by atoms with van der Waals surface area (Å²) in [4.78, 5) is 0. The molecular weight excluding hydrogens is 230 g/mol. The van der Waals surface area contributed by atoms with Gasteiger partial charge in [-0.2, -0.15) is 0 Å². The largest absolute Gasteiger partial charge is 0.307 e. The van der Waals surface area contributed by atoms with Crippen LogP contribution in [0.2, 0.25) is 0 Å².